The molecule has 4 heteroatoms. The number of ketones is 1. The Hall–Kier alpha value is -1.16. The molecular weight excluding hydrogens is 296 g/mol. The first kappa shape index (κ1) is 14.9. The molecule has 0 aliphatic carbocycles. The number of ether oxygens (including phenoxy) is 1. The maximum atomic E-state index is 11.6. The van der Waals surface area contributed by atoms with Crippen molar-refractivity contribution in [2.75, 3.05) is 7.11 Å². The summed E-state index contributed by atoms with van der Waals surface area (Å²) < 4.78 is 3.47. The predicted molar refractivity (Wildman–Crippen MR) is 73.7 cm³/mol. The first-order chi connectivity index (χ1) is 8.50. The molecule has 0 radical (unpaired) electrons. The van der Waals surface area contributed by atoms with E-state index in [0.717, 1.165) is 12.8 Å². The van der Waals surface area contributed by atoms with Crippen LogP contribution in [0.5, 0.6) is 0 Å². The van der Waals surface area contributed by atoms with Crippen LogP contribution in [0.25, 0.3) is 0 Å². The maximum Gasteiger partial charge on any atom is 0.330 e. The van der Waals surface area contributed by atoms with E-state index in [2.05, 4.69) is 20.7 Å². The SMILES string of the molecule is COC(=O)C(Br)(CCCc1ccccc1)C(C)=O. The van der Waals surface area contributed by atoms with Gasteiger partial charge in [-0.3, -0.25) is 9.59 Å². The Labute approximate surface area is 116 Å². The number of rotatable bonds is 6. The van der Waals surface area contributed by atoms with Crippen molar-refractivity contribution in [3.05, 3.63) is 35.9 Å². The van der Waals surface area contributed by atoms with E-state index in [9.17, 15) is 9.59 Å². The summed E-state index contributed by atoms with van der Waals surface area (Å²) in [4.78, 5) is 23.2. The van der Waals surface area contributed by atoms with Gasteiger partial charge in [0.15, 0.2) is 10.1 Å². The summed E-state index contributed by atoms with van der Waals surface area (Å²) in [5.74, 6) is -0.745. The van der Waals surface area contributed by atoms with Crippen molar-refractivity contribution in [2.24, 2.45) is 0 Å². The zero-order valence-electron chi connectivity index (χ0n) is 10.6. The van der Waals surface area contributed by atoms with E-state index in [1.807, 2.05) is 30.3 Å². The van der Waals surface area contributed by atoms with Gasteiger partial charge in [0, 0.05) is 0 Å². The van der Waals surface area contributed by atoms with Crippen LogP contribution in [-0.4, -0.2) is 23.2 Å². The highest BCUT2D eigenvalue weighted by Gasteiger charge is 2.41. The third-order valence-electron chi connectivity index (χ3n) is 2.90. The lowest BCUT2D eigenvalue weighted by molar-refractivity contribution is -0.146. The van der Waals surface area contributed by atoms with Crippen molar-refractivity contribution in [1.82, 2.24) is 0 Å². The molecule has 1 aromatic carbocycles. The highest BCUT2D eigenvalue weighted by atomic mass is 79.9. The number of hydrogen-bond acceptors (Lipinski definition) is 3. The third kappa shape index (κ3) is 3.67. The molecule has 0 aliphatic rings. The first-order valence-corrected chi connectivity index (χ1v) is 6.62. The number of methoxy groups -OCH3 is 1. The molecule has 0 heterocycles. The van der Waals surface area contributed by atoms with Gasteiger partial charge >= 0.3 is 5.97 Å². The maximum absolute atomic E-state index is 11.6. The number of carbonyl (C=O) groups excluding carboxylic acids is 2. The second-order valence-corrected chi connectivity index (χ2v) is 5.54. The summed E-state index contributed by atoms with van der Waals surface area (Å²) in [6.07, 6.45) is 2.01. The molecule has 0 N–H and O–H groups in total. The minimum atomic E-state index is -1.20. The largest absolute Gasteiger partial charge is 0.468 e. The van der Waals surface area contributed by atoms with Crippen LogP contribution < -0.4 is 0 Å². The molecular formula is C14H17BrO3. The van der Waals surface area contributed by atoms with Crippen molar-refractivity contribution in [3.63, 3.8) is 0 Å². The van der Waals surface area contributed by atoms with Crippen LogP contribution in [0.3, 0.4) is 0 Å². The van der Waals surface area contributed by atoms with Gasteiger partial charge in [0.25, 0.3) is 0 Å². The Bertz CT molecular complexity index is 416. The average Bonchev–Trinajstić information content (AvgIpc) is 2.38. The van der Waals surface area contributed by atoms with Crippen molar-refractivity contribution < 1.29 is 14.3 Å². The van der Waals surface area contributed by atoms with Crippen molar-refractivity contribution in [1.29, 1.82) is 0 Å². The summed E-state index contributed by atoms with van der Waals surface area (Å²) in [5.41, 5.74) is 1.20. The summed E-state index contributed by atoms with van der Waals surface area (Å²) >= 11 is 3.22. The Morgan fingerprint density at radius 1 is 1.28 bits per heavy atom. The molecule has 0 spiro atoms. The quantitative estimate of drug-likeness (QED) is 0.461. The zero-order valence-corrected chi connectivity index (χ0v) is 12.2. The molecule has 0 aliphatic heterocycles. The number of halogens is 1. The minimum absolute atomic E-state index is 0.220. The number of carbonyl (C=O) groups is 2. The van der Waals surface area contributed by atoms with Crippen LogP contribution in [0.15, 0.2) is 30.3 Å². The van der Waals surface area contributed by atoms with E-state index < -0.39 is 10.3 Å². The van der Waals surface area contributed by atoms with E-state index in [0.29, 0.717) is 6.42 Å². The number of aryl methyl sites for hydroxylation is 1. The second-order valence-electron chi connectivity index (χ2n) is 4.19. The molecule has 98 valence electrons. The predicted octanol–water partition coefficient (Wildman–Crippen LogP) is 2.91. The Morgan fingerprint density at radius 2 is 1.89 bits per heavy atom. The van der Waals surface area contributed by atoms with Crippen molar-refractivity contribution in [2.45, 2.75) is 30.5 Å². The molecule has 1 unspecified atom stereocenters. The lowest BCUT2D eigenvalue weighted by Gasteiger charge is -2.21. The molecule has 1 aromatic rings. The average molecular weight is 313 g/mol. The molecule has 0 saturated carbocycles. The van der Waals surface area contributed by atoms with Crippen molar-refractivity contribution in [3.8, 4) is 0 Å². The molecule has 1 rings (SSSR count). The van der Waals surface area contributed by atoms with Gasteiger partial charge in [0.05, 0.1) is 7.11 Å². The fourth-order valence-electron chi connectivity index (χ4n) is 1.76. The fraction of sp³-hybridized carbons (Fsp3) is 0.429. The molecule has 0 bridgehead atoms. The van der Waals surface area contributed by atoms with E-state index in [1.54, 1.807) is 0 Å². The van der Waals surface area contributed by atoms with Gasteiger partial charge in [-0.2, -0.15) is 0 Å². The smallest absolute Gasteiger partial charge is 0.330 e. The Morgan fingerprint density at radius 3 is 2.39 bits per heavy atom. The number of esters is 1. The molecule has 1 atom stereocenters. The lowest BCUT2D eigenvalue weighted by atomic mass is 9.96. The highest BCUT2D eigenvalue weighted by molar-refractivity contribution is 9.10. The van der Waals surface area contributed by atoms with Gasteiger partial charge in [0.2, 0.25) is 0 Å². The summed E-state index contributed by atoms with van der Waals surface area (Å²) in [6.45, 7) is 1.40. The second kappa shape index (κ2) is 6.69. The topological polar surface area (TPSA) is 43.4 Å². The highest BCUT2D eigenvalue weighted by Crippen LogP contribution is 2.28. The molecule has 0 fully saturated rings. The van der Waals surface area contributed by atoms with E-state index in [-0.39, 0.29) is 5.78 Å². The number of Topliss-reactive ketones (excluding diaryl/α,β-unsaturated/α-hetero) is 1. The van der Waals surface area contributed by atoms with Gasteiger partial charge in [-0.1, -0.05) is 46.3 Å². The summed E-state index contributed by atoms with van der Waals surface area (Å²) in [6, 6.07) is 9.97. The van der Waals surface area contributed by atoms with Crippen LogP contribution >= 0.6 is 15.9 Å². The van der Waals surface area contributed by atoms with Crippen LogP contribution in [0.2, 0.25) is 0 Å². The first-order valence-electron chi connectivity index (χ1n) is 5.83. The van der Waals surface area contributed by atoms with E-state index in [4.69, 9.17) is 0 Å². The van der Waals surface area contributed by atoms with Gasteiger partial charge in [-0.25, -0.2) is 0 Å². The van der Waals surface area contributed by atoms with Crippen LogP contribution in [0.4, 0.5) is 0 Å². The Kier molecular flexibility index (Phi) is 5.54. The van der Waals surface area contributed by atoms with Gasteiger partial charge in [-0.05, 0) is 31.7 Å². The molecule has 0 aromatic heterocycles. The molecule has 0 amide bonds. The van der Waals surface area contributed by atoms with Gasteiger partial charge in [0.1, 0.15) is 0 Å². The molecule has 3 nitrogen and oxygen atoms in total. The lowest BCUT2D eigenvalue weighted by Crippen LogP contribution is -2.40. The minimum Gasteiger partial charge on any atom is -0.468 e. The van der Waals surface area contributed by atoms with Gasteiger partial charge in [-0.15, -0.1) is 0 Å². The number of hydrogen-bond donors (Lipinski definition) is 0. The fourth-order valence-corrected chi connectivity index (χ4v) is 2.21. The zero-order chi connectivity index (χ0) is 13.6. The summed E-state index contributed by atoms with van der Waals surface area (Å²) in [7, 11) is 1.29. The molecule has 18 heavy (non-hydrogen) atoms. The monoisotopic (exact) mass is 312 g/mol. The standard InChI is InChI=1S/C14H17BrO3/c1-11(16)14(15,13(17)18-2)10-6-9-12-7-4-3-5-8-12/h3-5,7-8H,6,9-10H2,1-2H3. The summed E-state index contributed by atoms with van der Waals surface area (Å²) in [5, 5.41) is 0. The van der Waals surface area contributed by atoms with Crippen molar-refractivity contribution >= 4 is 27.7 Å². The van der Waals surface area contributed by atoms with Crippen LogP contribution in [0.1, 0.15) is 25.3 Å². The van der Waals surface area contributed by atoms with Crippen LogP contribution in [0, 0.1) is 0 Å². The number of benzene rings is 1. The van der Waals surface area contributed by atoms with E-state index >= 15 is 0 Å². The number of alkyl halides is 1. The molecule has 0 saturated heterocycles. The Balaban J connectivity index is 2.59. The van der Waals surface area contributed by atoms with E-state index in [1.165, 1.54) is 19.6 Å². The third-order valence-corrected chi connectivity index (χ3v) is 4.18. The normalized spacial score (nSPS) is 13.7. The van der Waals surface area contributed by atoms with Gasteiger partial charge < -0.3 is 4.74 Å². The van der Waals surface area contributed by atoms with Crippen LogP contribution in [-0.2, 0) is 20.7 Å².